The van der Waals surface area contributed by atoms with E-state index >= 15 is 0 Å². The van der Waals surface area contributed by atoms with Crippen molar-refractivity contribution in [3.8, 4) is 0 Å². The van der Waals surface area contributed by atoms with Gasteiger partial charge in [-0.3, -0.25) is 10.1 Å². The predicted molar refractivity (Wildman–Crippen MR) is 80.0 cm³/mol. The van der Waals surface area contributed by atoms with Crippen LogP contribution in [-0.2, 0) is 0 Å². The minimum Gasteiger partial charge on any atom is -0.380 e. The van der Waals surface area contributed by atoms with E-state index in [1.807, 2.05) is 26.0 Å². The number of para-hydroxylation sites is 1. The van der Waals surface area contributed by atoms with Crippen LogP contribution in [0.2, 0.25) is 0 Å². The number of hydrogen-bond acceptors (Lipinski definition) is 4. The van der Waals surface area contributed by atoms with Crippen LogP contribution in [0.15, 0.2) is 18.2 Å². The number of hydrogen-bond donors (Lipinski definition) is 1. The Morgan fingerprint density at radius 2 is 2.05 bits per heavy atom. The molecular weight excluding hydrogens is 242 g/mol. The van der Waals surface area contributed by atoms with Crippen LogP contribution in [0, 0.1) is 16.0 Å². The molecule has 5 heteroatoms. The lowest BCUT2D eigenvalue weighted by Gasteiger charge is -2.25. The molecule has 0 aliphatic carbocycles. The van der Waals surface area contributed by atoms with Gasteiger partial charge in [0.25, 0.3) is 0 Å². The second-order valence-corrected chi connectivity index (χ2v) is 4.89. The highest BCUT2D eigenvalue weighted by atomic mass is 16.6. The molecule has 1 aromatic carbocycles. The van der Waals surface area contributed by atoms with E-state index in [1.165, 1.54) is 0 Å². The Kier molecular flexibility index (Phi) is 5.60. The summed E-state index contributed by atoms with van der Waals surface area (Å²) >= 11 is 0. The predicted octanol–water partition coefficient (Wildman–Crippen LogP) is 3.51. The molecule has 0 aromatic heterocycles. The van der Waals surface area contributed by atoms with Crippen LogP contribution in [0.1, 0.15) is 27.7 Å². The van der Waals surface area contributed by atoms with Gasteiger partial charge in [-0.05, 0) is 31.9 Å². The van der Waals surface area contributed by atoms with Gasteiger partial charge in [-0.25, -0.2) is 0 Å². The van der Waals surface area contributed by atoms with Crippen LogP contribution in [0.3, 0.4) is 0 Å². The zero-order valence-electron chi connectivity index (χ0n) is 12.1. The molecule has 106 valence electrons. The molecule has 0 unspecified atom stereocenters. The van der Waals surface area contributed by atoms with Crippen molar-refractivity contribution in [2.24, 2.45) is 5.92 Å². The number of nitro groups is 1. The first-order valence-corrected chi connectivity index (χ1v) is 6.77. The van der Waals surface area contributed by atoms with Crippen molar-refractivity contribution in [2.75, 3.05) is 29.9 Å². The molecule has 0 spiro atoms. The van der Waals surface area contributed by atoms with E-state index < -0.39 is 0 Å². The van der Waals surface area contributed by atoms with E-state index in [1.54, 1.807) is 6.07 Å². The lowest BCUT2D eigenvalue weighted by atomic mass is 10.1. The summed E-state index contributed by atoms with van der Waals surface area (Å²) in [5, 5.41) is 14.4. The summed E-state index contributed by atoms with van der Waals surface area (Å²) in [5.41, 5.74) is 1.46. The maximum Gasteiger partial charge on any atom is 0.315 e. The summed E-state index contributed by atoms with van der Waals surface area (Å²) < 4.78 is 0. The lowest BCUT2D eigenvalue weighted by molar-refractivity contribution is -0.383. The van der Waals surface area contributed by atoms with Gasteiger partial charge in [-0.15, -0.1) is 0 Å². The molecule has 1 rings (SSSR count). The van der Waals surface area contributed by atoms with Crippen molar-refractivity contribution in [2.45, 2.75) is 27.7 Å². The van der Waals surface area contributed by atoms with Gasteiger partial charge in [0, 0.05) is 19.6 Å². The highest BCUT2D eigenvalue weighted by molar-refractivity contribution is 5.77. The second-order valence-electron chi connectivity index (χ2n) is 4.89. The zero-order valence-corrected chi connectivity index (χ0v) is 12.1. The van der Waals surface area contributed by atoms with Gasteiger partial charge >= 0.3 is 5.69 Å². The fourth-order valence-electron chi connectivity index (χ4n) is 2.15. The van der Waals surface area contributed by atoms with E-state index in [9.17, 15) is 10.1 Å². The summed E-state index contributed by atoms with van der Waals surface area (Å²) in [4.78, 5) is 13.1. The highest BCUT2D eigenvalue weighted by Gasteiger charge is 2.23. The van der Waals surface area contributed by atoms with Crippen molar-refractivity contribution in [3.05, 3.63) is 28.3 Å². The smallest absolute Gasteiger partial charge is 0.315 e. The number of rotatable bonds is 7. The molecule has 0 saturated carbocycles. The summed E-state index contributed by atoms with van der Waals surface area (Å²) in [6, 6.07) is 5.45. The highest BCUT2D eigenvalue weighted by Crippen LogP contribution is 2.35. The lowest BCUT2D eigenvalue weighted by Crippen LogP contribution is -2.28. The molecule has 0 aliphatic rings. The van der Waals surface area contributed by atoms with Gasteiger partial charge in [0.05, 0.1) is 4.92 Å². The van der Waals surface area contributed by atoms with Gasteiger partial charge in [0.2, 0.25) is 0 Å². The first kappa shape index (κ1) is 15.3. The van der Waals surface area contributed by atoms with E-state index in [0.717, 1.165) is 13.1 Å². The molecule has 19 heavy (non-hydrogen) atoms. The van der Waals surface area contributed by atoms with Crippen molar-refractivity contribution >= 4 is 17.1 Å². The quantitative estimate of drug-likeness (QED) is 0.605. The second kappa shape index (κ2) is 6.97. The standard InChI is InChI=1S/C14H23N3O2/c1-5-15-12-8-7-9-13(14(12)17(18)19)16(6-2)10-11(3)4/h7-9,11,15H,5-6,10H2,1-4H3. The van der Waals surface area contributed by atoms with Crippen molar-refractivity contribution in [1.82, 2.24) is 0 Å². The van der Waals surface area contributed by atoms with Gasteiger partial charge in [-0.2, -0.15) is 0 Å². The number of nitrogens with zero attached hydrogens (tertiary/aromatic N) is 2. The number of nitro benzene ring substituents is 1. The van der Waals surface area contributed by atoms with Crippen molar-refractivity contribution in [1.29, 1.82) is 0 Å². The molecular formula is C14H23N3O2. The molecule has 1 N–H and O–H groups in total. The van der Waals surface area contributed by atoms with E-state index in [0.29, 0.717) is 23.8 Å². The van der Waals surface area contributed by atoms with Crippen LogP contribution in [-0.4, -0.2) is 24.6 Å². The van der Waals surface area contributed by atoms with Gasteiger partial charge in [0.15, 0.2) is 0 Å². The molecule has 1 aromatic rings. The molecule has 0 bridgehead atoms. The average molecular weight is 265 g/mol. The van der Waals surface area contributed by atoms with Crippen LogP contribution < -0.4 is 10.2 Å². The van der Waals surface area contributed by atoms with Crippen LogP contribution >= 0.6 is 0 Å². The minimum absolute atomic E-state index is 0.173. The largest absolute Gasteiger partial charge is 0.380 e. The Morgan fingerprint density at radius 3 is 2.53 bits per heavy atom. The molecule has 0 fully saturated rings. The van der Waals surface area contributed by atoms with Gasteiger partial charge in [0.1, 0.15) is 11.4 Å². The normalized spacial score (nSPS) is 10.6. The monoisotopic (exact) mass is 265 g/mol. The summed E-state index contributed by atoms with van der Waals surface area (Å²) in [6.07, 6.45) is 0. The van der Waals surface area contributed by atoms with Crippen LogP contribution in [0.25, 0.3) is 0 Å². The minimum atomic E-state index is -0.295. The summed E-state index contributed by atoms with van der Waals surface area (Å²) in [6.45, 7) is 10.4. The Hall–Kier alpha value is -1.78. The number of nitrogens with one attached hydrogen (secondary N) is 1. The SMILES string of the molecule is CCNc1cccc(N(CC)CC(C)C)c1[N+](=O)[O-]. The summed E-state index contributed by atoms with van der Waals surface area (Å²) in [5.74, 6) is 0.461. The molecule has 0 atom stereocenters. The number of benzene rings is 1. The Balaban J connectivity index is 3.24. The Morgan fingerprint density at radius 1 is 1.37 bits per heavy atom. The first-order chi connectivity index (χ1) is 9.01. The maximum absolute atomic E-state index is 11.4. The third kappa shape index (κ3) is 3.84. The van der Waals surface area contributed by atoms with Crippen molar-refractivity contribution in [3.63, 3.8) is 0 Å². The molecule has 0 saturated heterocycles. The first-order valence-electron chi connectivity index (χ1n) is 6.77. The molecule has 0 heterocycles. The van der Waals surface area contributed by atoms with Gasteiger partial charge < -0.3 is 10.2 Å². The zero-order chi connectivity index (χ0) is 14.4. The van der Waals surface area contributed by atoms with Crippen molar-refractivity contribution < 1.29 is 4.92 Å². The van der Waals surface area contributed by atoms with Gasteiger partial charge in [-0.1, -0.05) is 19.9 Å². The third-order valence-electron chi connectivity index (χ3n) is 2.87. The van der Waals surface area contributed by atoms with E-state index in [2.05, 4.69) is 24.1 Å². The molecule has 0 radical (unpaired) electrons. The summed E-state index contributed by atoms with van der Waals surface area (Å²) in [7, 11) is 0. The Bertz CT molecular complexity index is 433. The maximum atomic E-state index is 11.4. The van der Waals surface area contributed by atoms with E-state index in [4.69, 9.17) is 0 Å². The number of anilines is 2. The van der Waals surface area contributed by atoms with E-state index in [-0.39, 0.29) is 10.6 Å². The van der Waals surface area contributed by atoms with Crippen LogP contribution in [0.4, 0.5) is 17.1 Å². The Labute approximate surface area is 114 Å². The molecule has 0 aliphatic heterocycles. The fourth-order valence-corrected chi connectivity index (χ4v) is 2.15. The molecule has 0 amide bonds. The third-order valence-corrected chi connectivity index (χ3v) is 2.87. The fraction of sp³-hybridized carbons (Fsp3) is 0.571. The topological polar surface area (TPSA) is 58.4 Å². The average Bonchev–Trinajstić information content (AvgIpc) is 2.35. The molecule has 5 nitrogen and oxygen atoms in total. The van der Waals surface area contributed by atoms with Crippen LogP contribution in [0.5, 0.6) is 0 Å².